The number of nitrogens with two attached hydrogens (primary N) is 1. The van der Waals surface area contributed by atoms with Crippen molar-refractivity contribution in [3.63, 3.8) is 0 Å². The van der Waals surface area contributed by atoms with Crippen LogP contribution in [0.15, 0.2) is 30.3 Å². The molecule has 2 rings (SSSR count). The van der Waals surface area contributed by atoms with Gasteiger partial charge in [0.15, 0.2) is 0 Å². The number of benzene rings is 1. The second kappa shape index (κ2) is 7.10. The van der Waals surface area contributed by atoms with E-state index in [1.807, 2.05) is 24.3 Å². The van der Waals surface area contributed by atoms with Gasteiger partial charge in [0.2, 0.25) is 5.91 Å². The highest BCUT2D eigenvalue weighted by molar-refractivity contribution is 6.30. The second-order valence-electron chi connectivity index (χ2n) is 5.88. The average Bonchev–Trinajstić information content (AvgIpc) is 2.49. The van der Waals surface area contributed by atoms with Crippen LogP contribution in [0.25, 0.3) is 6.08 Å². The Bertz CT molecular complexity index is 512. The predicted molar refractivity (Wildman–Crippen MR) is 88.0 cm³/mol. The van der Waals surface area contributed by atoms with Gasteiger partial charge < -0.3 is 11.1 Å². The summed E-state index contributed by atoms with van der Waals surface area (Å²) in [6.07, 6.45) is 7.80. The zero-order chi connectivity index (χ0) is 15.3. The molecule has 0 aliphatic heterocycles. The van der Waals surface area contributed by atoms with E-state index in [4.69, 9.17) is 17.3 Å². The molecule has 3 nitrogen and oxygen atoms in total. The van der Waals surface area contributed by atoms with E-state index in [9.17, 15) is 4.79 Å². The summed E-state index contributed by atoms with van der Waals surface area (Å²) in [5, 5.41) is 3.83. The van der Waals surface area contributed by atoms with E-state index in [2.05, 4.69) is 12.2 Å². The fourth-order valence-corrected chi connectivity index (χ4v) is 3.11. The number of carbonyl (C=O) groups is 1. The first kappa shape index (κ1) is 16.1. The van der Waals surface area contributed by atoms with Crippen molar-refractivity contribution >= 4 is 23.6 Å². The molecular formula is C17H23ClN2O. The summed E-state index contributed by atoms with van der Waals surface area (Å²) in [5.74, 6) is 0.341. The minimum atomic E-state index is -0.250. The molecule has 3 N–H and O–H groups in total. The van der Waals surface area contributed by atoms with Gasteiger partial charge in [-0.05, 0) is 42.5 Å². The molecule has 1 aromatic carbocycles. The second-order valence-corrected chi connectivity index (χ2v) is 6.32. The predicted octanol–water partition coefficient (Wildman–Crippen LogP) is 3.38. The van der Waals surface area contributed by atoms with E-state index >= 15 is 0 Å². The molecule has 1 fully saturated rings. The van der Waals surface area contributed by atoms with Gasteiger partial charge in [-0.25, -0.2) is 0 Å². The lowest BCUT2D eigenvalue weighted by Crippen LogP contribution is -2.58. The Balaban J connectivity index is 2.01. The molecule has 0 bridgehead atoms. The molecule has 1 aliphatic rings. The highest BCUT2D eigenvalue weighted by Gasteiger charge is 2.37. The smallest absolute Gasteiger partial charge is 0.244 e. The average molecular weight is 307 g/mol. The van der Waals surface area contributed by atoms with Gasteiger partial charge in [-0.2, -0.15) is 0 Å². The molecule has 1 aliphatic carbocycles. The van der Waals surface area contributed by atoms with Gasteiger partial charge in [0.05, 0.1) is 5.54 Å². The molecule has 0 saturated heterocycles. The topological polar surface area (TPSA) is 55.1 Å². The van der Waals surface area contributed by atoms with Crippen LogP contribution in [0.2, 0.25) is 5.02 Å². The molecule has 0 heterocycles. The molecule has 1 saturated carbocycles. The Hall–Kier alpha value is -1.32. The van der Waals surface area contributed by atoms with Crippen LogP contribution >= 0.6 is 11.6 Å². The molecule has 1 amide bonds. The Morgan fingerprint density at radius 3 is 2.76 bits per heavy atom. The van der Waals surface area contributed by atoms with Gasteiger partial charge in [0.1, 0.15) is 0 Å². The Labute approximate surface area is 131 Å². The van der Waals surface area contributed by atoms with Crippen molar-refractivity contribution in [1.29, 1.82) is 0 Å². The quantitative estimate of drug-likeness (QED) is 0.838. The highest BCUT2D eigenvalue weighted by atomic mass is 35.5. The van der Waals surface area contributed by atoms with Crippen molar-refractivity contribution in [2.75, 3.05) is 6.54 Å². The van der Waals surface area contributed by atoms with Crippen LogP contribution < -0.4 is 11.1 Å². The van der Waals surface area contributed by atoms with Crippen LogP contribution in [0.4, 0.5) is 0 Å². The molecule has 0 aromatic heterocycles. The summed E-state index contributed by atoms with van der Waals surface area (Å²) in [6.45, 7) is 2.67. The third kappa shape index (κ3) is 4.08. The van der Waals surface area contributed by atoms with Crippen molar-refractivity contribution < 1.29 is 4.79 Å². The SMILES string of the molecule is CC1CCCCC1(CN)NC(=O)/C=C/c1ccc(Cl)cc1. The zero-order valence-electron chi connectivity index (χ0n) is 12.4. The summed E-state index contributed by atoms with van der Waals surface area (Å²) >= 11 is 5.84. The van der Waals surface area contributed by atoms with E-state index in [1.165, 1.54) is 6.42 Å². The third-order valence-electron chi connectivity index (χ3n) is 4.49. The molecule has 4 heteroatoms. The fraction of sp³-hybridized carbons (Fsp3) is 0.471. The maximum absolute atomic E-state index is 12.2. The van der Waals surface area contributed by atoms with Gasteiger partial charge in [-0.3, -0.25) is 4.79 Å². The van der Waals surface area contributed by atoms with Crippen molar-refractivity contribution in [3.8, 4) is 0 Å². The molecule has 0 spiro atoms. The minimum absolute atomic E-state index is 0.0795. The summed E-state index contributed by atoms with van der Waals surface area (Å²) in [7, 11) is 0. The van der Waals surface area contributed by atoms with E-state index < -0.39 is 0 Å². The monoisotopic (exact) mass is 306 g/mol. The number of rotatable bonds is 4. The van der Waals surface area contributed by atoms with Crippen LogP contribution in [0.1, 0.15) is 38.2 Å². The number of carbonyl (C=O) groups excluding carboxylic acids is 1. The largest absolute Gasteiger partial charge is 0.346 e. The van der Waals surface area contributed by atoms with Crippen molar-refractivity contribution in [3.05, 3.63) is 40.9 Å². The molecule has 21 heavy (non-hydrogen) atoms. The van der Waals surface area contributed by atoms with Crippen molar-refractivity contribution in [1.82, 2.24) is 5.32 Å². The first-order valence-corrected chi connectivity index (χ1v) is 7.89. The summed E-state index contributed by atoms with van der Waals surface area (Å²) < 4.78 is 0. The van der Waals surface area contributed by atoms with E-state index in [-0.39, 0.29) is 11.4 Å². The maximum Gasteiger partial charge on any atom is 0.244 e. The number of hydrogen-bond donors (Lipinski definition) is 2. The minimum Gasteiger partial charge on any atom is -0.346 e. The summed E-state index contributed by atoms with van der Waals surface area (Å²) in [6, 6.07) is 7.38. The van der Waals surface area contributed by atoms with Gasteiger partial charge in [-0.15, -0.1) is 0 Å². The van der Waals surface area contributed by atoms with E-state index in [0.29, 0.717) is 17.5 Å². The van der Waals surface area contributed by atoms with Crippen molar-refractivity contribution in [2.45, 2.75) is 38.1 Å². The van der Waals surface area contributed by atoms with Gasteiger partial charge in [-0.1, -0.05) is 43.5 Å². The van der Waals surface area contributed by atoms with E-state index in [1.54, 1.807) is 12.2 Å². The van der Waals surface area contributed by atoms with Crippen molar-refractivity contribution in [2.24, 2.45) is 11.7 Å². The molecule has 114 valence electrons. The lowest BCUT2D eigenvalue weighted by Gasteiger charge is -2.42. The normalized spacial score (nSPS) is 26.0. The van der Waals surface area contributed by atoms with Gasteiger partial charge in [0, 0.05) is 17.6 Å². The first-order valence-electron chi connectivity index (χ1n) is 7.51. The zero-order valence-corrected chi connectivity index (χ0v) is 13.2. The van der Waals surface area contributed by atoms with Crippen LogP contribution in [0.3, 0.4) is 0 Å². The van der Waals surface area contributed by atoms with Crippen LogP contribution in [-0.4, -0.2) is 18.0 Å². The van der Waals surface area contributed by atoms with E-state index in [0.717, 1.165) is 24.8 Å². The molecular weight excluding hydrogens is 284 g/mol. The molecule has 0 radical (unpaired) electrons. The molecule has 1 aromatic rings. The van der Waals surface area contributed by atoms with Gasteiger partial charge in [0.25, 0.3) is 0 Å². The summed E-state index contributed by atoms with van der Waals surface area (Å²) in [4.78, 5) is 12.2. The standard InChI is InChI=1S/C17H23ClN2O/c1-13-4-2-3-11-17(13,12-19)20-16(21)10-7-14-5-8-15(18)9-6-14/h5-10,13H,2-4,11-12,19H2,1H3,(H,20,21)/b10-7+. The fourth-order valence-electron chi connectivity index (χ4n) is 2.99. The lowest BCUT2D eigenvalue weighted by atomic mass is 9.73. The maximum atomic E-state index is 12.2. The van der Waals surface area contributed by atoms with Crippen LogP contribution in [0, 0.1) is 5.92 Å². The lowest BCUT2D eigenvalue weighted by molar-refractivity contribution is -0.119. The Morgan fingerprint density at radius 2 is 2.14 bits per heavy atom. The number of halogens is 1. The van der Waals surface area contributed by atoms with Crippen LogP contribution in [-0.2, 0) is 4.79 Å². The molecule has 2 unspecified atom stereocenters. The Kier molecular flexibility index (Phi) is 5.43. The summed E-state index contributed by atoms with van der Waals surface area (Å²) in [5.41, 5.74) is 6.65. The number of hydrogen-bond acceptors (Lipinski definition) is 2. The van der Waals surface area contributed by atoms with Gasteiger partial charge >= 0.3 is 0 Å². The number of amides is 1. The molecule has 2 atom stereocenters. The first-order chi connectivity index (χ1) is 10.1. The highest BCUT2D eigenvalue weighted by Crippen LogP contribution is 2.32. The third-order valence-corrected chi connectivity index (χ3v) is 4.74. The van der Waals surface area contributed by atoms with Crippen LogP contribution in [0.5, 0.6) is 0 Å². The Morgan fingerprint density at radius 1 is 1.43 bits per heavy atom. The number of nitrogens with one attached hydrogen (secondary N) is 1.